The molecule has 2 fully saturated rings. The molecule has 0 bridgehead atoms. The summed E-state index contributed by atoms with van der Waals surface area (Å²) in [6.07, 6.45) is 9.01. The fourth-order valence-corrected chi connectivity index (χ4v) is 4.63. The van der Waals surface area contributed by atoms with Gasteiger partial charge in [0.05, 0.1) is 13.2 Å². The standard InChI is InChI=1S/C27H38N2O2/c1-2-16-28(17-3-1)20-6-22-30-26-12-8-24(9-13-26)25-10-14-27(15-11-25)31-23-7-21-29-18-4-5-19-29/h8-15H,1-7,16-23H2. The summed E-state index contributed by atoms with van der Waals surface area (Å²) in [5.41, 5.74) is 2.42. The third kappa shape index (κ3) is 7.26. The Morgan fingerprint density at radius 3 is 1.32 bits per heavy atom. The number of rotatable bonds is 11. The number of likely N-dealkylation sites (tertiary alicyclic amines) is 2. The smallest absolute Gasteiger partial charge is 0.119 e. The fraction of sp³-hybridized carbons (Fsp3) is 0.556. The molecule has 0 spiro atoms. The summed E-state index contributed by atoms with van der Waals surface area (Å²) in [6, 6.07) is 16.9. The Labute approximate surface area is 188 Å². The third-order valence-electron chi connectivity index (χ3n) is 6.46. The molecule has 2 aromatic rings. The lowest BCUT2D eigenvalue weighted by Gasteiger charge is -2.26. The largest absolute Gasteiger partial charge is 0.494 e. The number of benzene rings is 2. The average Bonchev–Trinajstić information content (AvgIpc) is 3.35. The minimum absolute atomic E-state index is 0.791. The van der Waals surface area contributed by atoms with Crippen LogP contribution < -0.4 is 9.47 Å². The lowest BCUT2D eigenvalue weighted by molar-refractivity contribution is 0.205. The lowest BCUT2D eigenvalue weighted by atomic mass is 10.1. The zero-order valence-electron chi connectivity index (χ0n) is 18.9. The minimum atomic E-state index is 0.791. The van der Waals surface area contributed by atoms with E-state index in [0.29, 0.717) is 0 Å². The predicted octanol–water partition coefficient (Wildman–Crippen LogP) is 5.47. The van der Waals surface area contributed by atoms with Crippen LogP contribution in [0.1, 0.15) is 44.9 Å². The van der Waals surface area contributed by atoms with Crippen LogP contribution in [-0.4, -0.2) is 62.3 Å². The van der Waals surface area contributed by atoms with Crippen molar-refractivity contribution in [3.8, 4) is 22.6 Å². The number of nitrogens with zero attached hydrogens (tertiary/aromatic N) is 2. The van der Waals surface area contributed by atoms with Crippen LogP contribution >= 0.6 is 0 Å². The van der Waals surface area contributed by atoms with E-state index >= 15 is 0 Å². The molecule has 0 aliphatic carbocycles. The highest BCUT2D eigenvalue weighted by molar-refractivity contribution is 5.64. The van der Waals surface area contributed by atoms with Crippen molar-refractivity contribution in [2.24, 2.45) is 0 Å². The fourth-order valence-electron chi connectivity index (χ4n) is 4.63. The molecule has 0 aromatic heterocycles. The van der Waals surface area contributed by atoms with Crippen molar-refractivity contribution < 1.29 is 9.47 Å². The van der Waals surface area contributed by atoms with Crippen molar-refractivity contribution in [2.45, 2.75) is 44.9 Å². The highest BCUT2D eigenvalue weighted by Gasteiger charge is 2.11. The van der Waals surface area contributed by atoms with Gasteiger partial charge in [-0.25, -0.2) is 0 Å². The molecule has 2 aliphatic rings. The summed E-state index contributed by atoms with van der Waals surface area (Å²) in [4.78, 5) is 5.10. The molecular formula is C27H38N2O2. The first-order valence-electron chi connectivity index (χ1n) is 12.3. The number of piperidine rings is 1. The van der Waals surface area contributed by atoms with E-state index in [4.69, 9.17) is 9.47 Å². The summed E-state index contributed by atoms with van der Waals surface area (Å²) >= 11 is 0. The van der Waals surface area contributed by atoms with E-state index in [0.717, 1.165) is 50.6 Å². The Hall–Kier alpha value is -2.04. The molecule has 4 heteroatoms. The summed E-state index contributed by atoms with van der Waals surface area (Å²) in [7, 11) is 0. The van der Waals surface area contributed by atoms with E-state index in [1.165, 1.54) is 69.4 Å². The first-order chi connectivity index (χ1) is 15.4. The van der Waals surface area contributed by atoms with Gasteiger partial charge in [-0.15, -0.1) is 0 Å². The SMILES string of the molecule is c1cc(-c2ccc(OCCCN3CCCC3)cc2)ccc1OCCCN1CCCCC1. The molecule has 0 atom stereocenters. The van der Waals surface area contributed by atoms with Gasteiger partial charge in [0, 0.05) is 13.1 Å². The zero-order chi connectivity index (χ0) is 21.1. The molecular weight excluding hydrogens is 384 g/mol. The van der Waals surface area contributed by atoms with E-state index in [1.54, 1.807) is 0 Å². The first-order valence-corrected chi connectivity index (χ1v) is 12.3. The molecule has 2 saturated heterocycles. The van der Waals surface area contributed by atoms with Crippen LogP contribution in [0, 0.1) is 0 Å². The predicted molar refractivity (Wildman–Crippen MR) is 128 cm³/mol. The first kappa shape index (κ1) is 22.2. The second kappa shape index (κ2) is 12.1. The van der Waals surface area contributed by atoms with E-state index in [2.05, 4.69) is 58.3 Å². The zero-order valence-corrected chi connectivity index (χ0v) is 18.9. The molecule has 168 valence electrons. The van der Waals surface area contributed by atoms with Crippen molar-refractivity contribution in [1.29, 1.82) is 0 Å². The maximum atomic E-state index is 5.95. The van der Waals surface area contributed by atoms with Gasteiger partial charge in [-0.1, -0.05) is 30.7 Å². The van der Waals surface area contributed by atoms with Crippen LogP contribution in [0.3, 0.4) is 0 Å². The van der Waals surface area contributed by atoms with Gasteiger partial charge in [-0.3, -0.25) is 0 Å². The van der Waals surface area contributed by atoms with Crippen LogP contribution in [-0.2, 0) is 0 Å². The second-order valence-corrected chi connectivity index (χ2v) is 8.90. The van der Waals surface area contributed by atoms with Crippen LogP contribution in [0.2, 0.25) is 0 Å². The maximum Gasteiger partial charge on any atom is 0.119 e. The molecule has 0 N–H and O–H groups in total. The van der Waals surface area contributed by atoms with Gasteiger partial charge in [-0.05, 0) is 100 Å². The Kier molecular flexibility index (Phi) is 8.66. The van der Waals surface area contributed by atoms with E-state index < -0.39 is 0 Å². The molecule has 0 amide bonds. The van der Waals surface area contributed by atoms with Crippen LogP contribution in [0.5, 0.6) is 11.5 Å². The molecule has 0 unspecified atom stereocenters. The Morgan fingerprint density at radius 1 is 0.516 bits per heavy atom. The van der Waals surface area contributed by atoms with Crippen LogP contribution in [0.15, 0.2) is 48.5 Å². The van der Waals surface area contributed by atoms with Gasteiger partial charge >= 0.3 is 0 Å². The van der Waals surface area contributed by atoms with Crippen molar-refractivity contribution in [3.63, 3.8) is 0 Å². The van der Waals surface area contributed by atoms with E-state index in [1.807, 2.05) is 0 Å². The molecule has 4 nitrogen and oxygen atoms in total. The summed E-state index contributed by atoms with van der Waals surface area (Å²) in [5, 5.41) is 0. The molecule has 2 heterocycles. The average molecular weight is 423 g/mol. The molecule has 31 heavy (non-hydrogen) atoms. The van der Waals surface area contributed by atoms with Gasteiger partial charge < -0.3 is 19.3 Å². The highest BCUT2D eigenvalue weighted by atomic mass is 16.5. The van der Waals surface area contributed by atoms with Gasteiger partial charge in [0.25, 0.3) is 0 Å². The number of ether oxygens (including phenoxy) is 2. The molecule has 0 saturated carbocycles. The molecule has 0 radical (unpaired) electrons. The quantitative estimate of drug-likeness (QED) is 0.448. The van der Waals surface area contributed by atoms with Crippen molar-refractivity contribution in [3.05, 3.63) is 48.5 Å². The normalized spacial score (nSPS) is 17.7. The van der Waals surface area contributed by atoms with Crippen molar-refractivity contribution in [2.75, 3.05) is 52.5 Å². The lowest BCUT2D eigenvalue weighted by Crippen LogP contribution is -2.31. The Bertz CT molecular complexity index is 748. The summed E-state index contributed by atoms with van der Waals surface area (Å²) in [6.45, 7) is 8.94. The van der Waals surface area contributed by atoms with Gasteiger partial charge in [0.15, 0.2) is 0 Å². The Morgan fingerprint density at radius 2 is 0.903 bits per heavy atom. The number of hydrogen-bond donors (Lipinski definition) is 0. The van der Waals surface area contributed by atoms with Gasteiger partial charge in [0.2, 0.25) is 0 Å². The molecule has 2 aromatic carbocycles. The monoisotopic (exact) mass is 422 g/mol. The highest BCUT2D eigenvalue weighted by Crippen LogP contribution is 2.25. The van der Waals surface area contributed by atoms with E-state index in [9.17, 15) is 0 Å². The van der Waals surface area contributed by atoms with Crippen molar-refractivity contribution >= 4 is 0 Å². The summed E-state index contributed by atoms with van der Waals surface area (Å²) in [5.74, 6) is 1.92. The van der Waals surface area contributed by atoms with Crippen molar-refractivity contribution in [1.82, 2.24) is 9.80 Å². The van der Waals surface area contributed by atoms with Gasteiger partial charge in [0.1, 0.15) is 11.5 Å². The minimum Gasteiger partial charge on any atom is -0.494 e. The molecule has 4 rings (SSSR count). The van der Waals surface area contributed by atoms with Crippen LogP contribution in [0.4, 0.5) is 0 Å². The summed E-state index contributed by atoms with van der Waals surface area (Å²) < 4.78 is 11.9. The third-order valence-corrected chi connectivity index (χ3v) is 6.46. The maximum absolute atomic E-state index is 5.95. The second-order valence-electron chi connectivity index (χ2n) is 8.90. The number of hydrogen-bond acceptors (Lipinski definition) is 4. The van der Waals surface area contributed by atoms with Crippen LogP contribution in [0.25, 0.3) is 11.1 Å². The molecule has 2 aliphatic heterocycles. The topological polar surface area (TPSA) is 24.9 Å². The van der Waals surface area contributed by atoms with E-state index in [-0.39, 0.29) is 0 Å². The van der Waals surface area contributed by atoms with Gasteiger partial charge in [-0.2, -0.15) is 0 Å². The Balaban J connectivity index is 1.16.